The van der Waals surface area contributed by atoms with Crippen molar-refractivity contribution in [1.82, 2.24) is 0 Å². The van der Waals surface area contributed by atoms with E-state index in [-0.39, 0.29) is 53.5 Å². The Morgan fingerprint density at radius 3 is 1.71 bits per heavy atom. The molecule has 0 aliphatic rings. The van der Waals surface area contributed by atoms with Gasteiger partial charge < -0.3 is 45.9 Å². The molecule has 0 rings (SSSR count). The van der Waals surface area contributed by atoms with E-state index in [1.807, 2.05) is 0 Å². The average Bonchev–Trinajstić information content (AvgIpc) is 1.95. The van der Waals surface area contributed by atoms with E-state index in [9.17, 15) is 19.1 Å². The summed E-state index contributed by atoms with van der Waals surface area (Å²) in [5.74, 6) is 0. The summed E-state index contributed by atoms with van der Waals surface area (Å²) in [6, 6.07) is 0. The third kappa shape index (κ3) is 6.74. The van der Waals surface area contributed by atoms with E-state index in [0.29, 0.717) is 0 Å². The fourth-order valence-corrected chi connectivity index (χ4v) is 3.00. The minimum Gasteiger partial charge on any atom is -0.776 e. The first-order chi connectivity index (χ1) is 6.06. The second kappa shape index (κ2) is 9.11. The van der Waals surface area contributed by atoms with E-state index in [1.165, 1.54) is 0 Å². The third-order valence-electron chi connectivity index (χ3n) is 1.64. The Morgan fingerprint density at radius 2 is 1.53 bits per heavy atom. The molecule has 2 atom stereocenters. The topological polar surface area (TPSA) is 227 Å². The van der Waals surface area contributed by atoms with Crippen molar-refractivity contribution >= 4 is 15.2 Å². The molecule has 13 heteroatoms. The molecule has 0 fully saturated rings. The first-order valence-corrected chi connectivity index (χ1v) is 6.77. The minimum atomic E-state index is -5.55. The molecule has 0 radical (unpaired) electrons. The summed E-state index contributed by atoms with van der Waals surface area (Å²) in [7, 11) is -10.9. The minimum absolute atomic E-state index is 0. The summed E-state index contributed by atoms with van der Waals surface area (Å²) in [4.78, 5) is 36.3. The maximum Gasteiger partial charge on any atom is 1.00 e. The molecule has 0 aliphatic carbocycles. The van der Waals surface area contributed by atoms with Crippen molar-refractivity contribution < 1.29 is 74.3 Å². The Balaban J connectivity index is -0.000000282. The van der Waals surface area contributed by atoms with Gasteiger partial charge in [0.2, 0.25) is 5.08 Å². The molecule has 0 saturated heterocycles. The number of hydrogen-bond donors (Lipinski definition) is 5. The van der Waals surface area contributed by atoms with Crippen LogP contribution in [0.1, 0.15) is 12.8 Å². The van der Waals surface area contributed by atoms with E-state index >= 15 is 0 Å². The SMILES string of the molecule is NCCCC(O)(P(=O)([O-])O)P(=O)(O)O.O.O.[Na+]. The Hall–Kier alpha value is 1.14. The molecular weight excluding hydrogens is 291 g/mol. The molecular formula is C4H16NNaO9P2. The van der Waals surface area contributed by atoms with Crippen molar-refractivity contribution in [3.63, 3.8) is 0 Å². The molecule has 2 unspecified atom stereocenters. The Kier molecular flexibility index (Phi) is 14.3. The van der Waals surface area contributed by atoms with E-state index in [1.54, 1.807) is 0 Å². The summed E-state index contributed by atoms with van der Waals surface area (Å²) in [5.41, 5.74) is 4.98. The Bertz CT molecular complexity index is 265. The van der Waals surface area contributed by atoms with Gasteiger partial charge in [0.15, 0.2) is 7.60 Å². The standard InChI is InChI=1S/C4H13NO7P2.Na.2H2O/c5-3-1-2-4(6,13(7,8)9)14(10,11)12;;;/h6H,1-3,5H2,(H2,7,8,9)(H2,10,11,12);;2*1H2/q;+1;;/p-1. The van der Waals surface area contributed by atoms with Gasteiger partial charge in [-0.25, -0.2) is 0 Å². The van der Waals surface area contributed by atoms with Crippen LogP contribution in [0.2, 0.25) is 0 Å². The molecule has 0 saturated carbocycles. The summed E-state index contributed by atoms with van der Waals surface area (Å²) in [5, 5.41) is 5.74. The van der Waals surface area contributed by atoms with Crippen molar-refractivity contribution in [2.24, 2.45) is 5.73 Å². The van der Waals surface area contributed by atoms with Gasteiger partial charge in [-0.15, -0.1) is 0 Å². The molecule has 0 aromatic heterocycles. The monoisotopic (exact) mass is 307 g/mol. The van der Waals surface area contributed by atoms with Crippen molar-refractivity contribution in [1.29, 1.82) is 0 Å². The molecule has 102 valence electrons. The van der Waals surface area contributed by atoms with Gasteiger partial charge in [0.25, 0.3) is 0 Å². The van der Waals surface area contributed by atoms with Gasteiger partial charge in [-0.1, -0.05) is 0 Å². The van der Waals surface area contributed by atoms with Gasteiger partial charge >= 0.3 is 37.2 Å². The van der Waals surface area contributed by atoms with Crippen molar-refractivity contribution in [2.75, 3.05) is 6.54 Å². The maximum atomic E-state index is 10.7. The third-order valence-corrected chi connectivity index (χ3v) is 5.46. The van der Waals surface area contributed by atoms with Crippen molar-refractivity contribution in [3.8, 4) is 0 Å². The number of hydrogen-bond acceptors (Lipinski definition) is 5. The van der Waals surface area contributed by atoms with Crippen LogP contribution in [-0.4, -0.2) is 42.4 Å². The molecule has 0 bridgehead atoms. The zero-order valence-electron chi connectivity index (χ0n) is 9.11. The summed E-state index contributed by atoms with van der Waals surface area (Å²) in [6.07, 6.45) is -0.959. The number of rotatable bonds is 5. The van der Waals surface area contributed by atoms with Gasteiger partial charge in [0.05, 0.1) is 0 Å². The smallest absolute Gasteiger partial charge is 0.776 e. The summed E-state index contributed by atoms with van der Waals surface area (Å²) >= 11 is 0. The molecule has 0 heterocycles. The van der Waals surface area contributed by atoms with E-state index in [4.69, 9.17) is 20.4 Å². The first-order valence-electron chi connectivity index (χ1n) is 3.58. The van der Waals surface area contributed by atoms with Gasteiger partial charge in [-0.2, -0.15) is 0 Å². The summed E-state index contributed by atoms with van der Waals surface area (Å²) in [6.45, 7) is -0.0672. The Morgan fingerprint density at radius 1 is 1.18 bits per heavy atom. The zero-order chi connectivity index (χ0) is 11.6. The molecule has 0 aliphatic heterocycles. The molecule has 0 aromatic rings. The number of aliphatic hydroxyl groups is 1. The summed E-state index contributed by atoms with van der Waals surface area (Å²) < 4.78 is 21.3. The quantitative estimate of drug-likeness (QED) is 0.241. The van der Waals surface area contributed by atoms with Gasteiger partial charge in [-0.05, 0) is 19.4 Å². The molecule has 17 heavy (non-hydrogen) atoms. The van der Waals surface area contributed by atoms with Crippen LogP contribution < -0.4 is 40.2 Å². The van der Waals surface area contributed by atoms with Crippen molar-refractivity contribution in [2.45, 2.75) is 17.9 Å². The van der Waals surface area contributed by atoms with E-state index in [2.05, 4.69) is 0 Å². The van der Waals surface area contributed by atoms with Crippen LogP contribution in [0, 0.1) is 0 Å². The van der Waals surface area contributed by atoms with Crippen LogP contribution in [0.25, 0.3) is 0 Å². The van der Waals surface area contributed by atoms with Crippen LogP contribution in [0.4, 0.5) is 0 Å². The van der Waals surface area contributed by atoms with Crippen LogP contribution in [0.5, 0.6) is 0 Å². The Labute approximate surface area is 119 Å². The van der Waals surface area contributed by atoms with Crippen LogP contribution in [0.3, 0.4) is 0 Å². The van der Waals surface area contributed by atoms with Crippen LogP contribution in [0.15, 0.2) is 0 Å². The molecule has 0 aromatic carbocycles. The number of nitrogens with two attached hydrogens (primary N) is 1. The normalized spacial score (nSPS) is 17.5. The van der Waals surface area contributed by atoms with Gasteiger partial charge in [0, 0.05) is 0 Å². The van der Waals surface area contributed by atoms with Crippen molar-refractivity contribution in [3.05, 3.63) is 0 Å². The van der Waals surface area contributed by atoms with Crippen LogP contribution >= 0.6 is 15.2 Å². The molecule has 0 spiro atoms. The second-order valence-electron chi connectivity index (χ2n) is 2.73. The fraction of sp³-hybridized carbons (Fsp3) is 1.00. The van der Waals surface area contributed by atoms with Crippen LogP contribution in [-0.2, 0) is 9.13 Å². The average molecular weight is 307 g/mol. The maximum absolute atomic E-state index is 10.7. The molecule has 10 N–H and O–H groups in total. The predicted octanol–water partition coefficient (Wildman–Crippen LogP) is -6.55. The zero-order valence-corrected chi connectivity index (χ0v) is 12.9. The van der Waals surface area contributed by atoms with E-state index < -0.39 is 26.7 Å². The second-order valence-corrected chi connectivity index (χ2v) is 6.69. The van der Waals surface area contributed by atoms with Gasteiger partial charge in [-0.3, -0.25) is 4.57 Å². The molecule has 0 amide bonds. The first kappa shape index (κ1) is 26.7. The predicted molar refractivity (Wildman–Crippen MR) is 52.3 cm³/mol. The molecule has 10 nitrogen and oxygen atoms in total. The largest absolute Gasteiger partial charge is 1.00 e. The van der Waals surface area contributed by atoms with Gasteiger partial charge in [0.1, 0.15) is 0 Å². The van der Waals surface area contributed by atoms with E-state index in [0.717, 1.165) is 0 Å². The fourth-order valence-electron chi connectivity index (χ4n) is 0.791.